The van der Waals surface area contributed by atoms with E-state index in [4.69, 9.17) is 0 Å². The normalized spacial score (nSPS) is 18.3. The summed E-state index contributed by atoms with van der Waals surface area (Å²) in [4.78, 5) is 37.4. The second-order valence-corrected chi connectivity index (χ2v) is 9.92. The molecule has 3 N–H and O–H groups in total. The van der Waals surface area contributed by atoms with Gasteiger partial charge < -0.3 is 25.4 Å². The fraction of sp³-hybridized carbons (Fsp3) is 0.519. The van der Waals surface area contributed by atoms with Crippen LogP contribution in [0.25, 0.3) is 11.1 Å². The van der Waals surface area contributed by atoms with Crippen LogP contribution >= 0.6 is 0 Å². The number of aromatic nitrogens is 2. The molecule has 2 aromatic heterocycles. The third kappa shape index (κ3) is 6.72. The minimum atomic E-state index is -0.0830. The standard InChI is InChI=1S/C27H38N6O2/c1-19(2)29-11-4-7-26(34)32-13-5-6-23(18-32)33(17-20-8-9-20)24-14-22(16-31-27(24)35)21-10-12-30-25(15-21)28-3/h4,7,10,12,14-16,19-20,23,29H,5-6,8-9,11,13,17-18H2,1-3H3,(H,28,30)(H,31,35)/b7-4+. The van der Waals surface area contributed by atoms with Crippen LogP contribution in [0.1, 0.15) is 39.5 Å². The number of hydrogen-bond donors (Lipinski definition) is 3. The van der Waals surface area contributed by atoms with Gasteiger partial charge in [-0.3, -0.25) is 9.59 Å². The fourth-order valence-corrected chi connectivity index (χ4v) is 4.60. The van der Waals surface area contributed by atoms with E-state index in [1.807, 2.05) is 36.2 Å². The number of pyridine rings is 2. The molecule has 2 fully saturated rings. The molecule has 1 amide bonds. The summed E-state index contributed by atoms with van der Waals surface area (Å²) >= 11 is 0. The Labute approximate surface area is 207 Å². The maximum atomic E-state index is 13.0. The Kier molecular flexibility index (Phi) is 8.23. The van der Waals surface area contributed by atoms with Crippen molar-refractivity contribution in [2.75, 3.05) is 43.4 Å². The molecule has 1 aliphatic heterocycles. The van der Waals surface area contributed by atoms with Crippen LogP contribution in [0.5, 0.6) is 0 Å². The highest BCUT2D eigenvalue weighted by Crippen LogP contribution is 2.34. The highest BCUT2D eigenvalue weighted by molar-refractivity contribution is 5.87. The molecule has 4 rings (SSSR count). The van der Waals surface area contributed by atoms with E-state index >= 15 is 0 Å². The summed E-state index contributed by atoms with van der Waals surface area (Å²) in [5.41, 5.74) is 2.55. The topological polar surface area (TPSA) is 93.4 Å². The van der Waals surface area contributed by atoms with Gasteiger partial charge >= 0.3 is 0 Å². The second-order valence-electron chi connectivity index (χ2n) is 9.92. The molecule has 1 saturated carbocycles. The van der Waals surface area contributed by atoms with Crippen LogP contribution in [0.2, 0.25) is 0 Å². The predicted molar refractivity (Wildman–Crippen MR) is 142 cm³/mol. The molecule has 3 heterocycles. The summed E-state index contributed by atoms with van der Waals surface area (Å²) in [6.45, 7) is 7.10. The summed E-state index contributed by atoms with van der Waals surface area (Å²) in [6.07, 6.45) is 11.4. The van der Waals surface area contributed by atoms with Gasteiger partial charge in [0.05, 0.1) is 0 Å². The maximum Gasteiger partial charge on any atom is 0.271 e. The number of anilines is 2. The molecule has 8 heteroatoms. The monoisotopic (exact) mass is 478 g/mol. The molecule has 8 nitrogen and oxygen atoms in total. The lowest BCUT2D eigenvalue weighted by Crippen LogP contribution is -2.51. The highest BCUT2D eigenvalue weighted by Gasteiger charge is 2.33. The first-order valence-corrected chi connectivity index (χ1v) is 12.8. The number of rotatable bonds is 10. The van der Waals surface area contributed by atoms with Crippen molar-refractivity contribution in [1.29, 1.82) is 0 Å². The minimum Gasteiger partial charge on any atom is -0.373 e. The van der Waals surface area contributed by atoms with Crippen molar-refractivity contribution in [3.63, 3.8) is 0 Å². The number of carbonyl (C=O) groups is 1. The second kappa shape index (κ2) is 11.5. The van der Waals surface area contributed by atoms with Crippen LogP contribution < -0.4 is 21.1 Å². The number of carbonyl (C=O) groups excluding carboxylic acids is 1. The average Bonchev–Trinajstić information content (AvgIpc) is 3.70. The lowest BCUT2D eigenvalue weighted by Gasteiger charge is -2.40. The van der Waals surface area contributed by atoms with Crippen LogP contribution in [0.15, 0.2) is 47.5 Å². The van der Waals surface area contributed by atoms with Gasteiger partial charge in [-0.2, -0.15) is 0 Å². The van der Waals surface area contributed by atoms with Crippen LogP contribution in [0.4, 0.5) is 11.5 Å². The molecule has 1 saturated heterocycles. The van der Waals surface area contributed by atoms with E-state index in [1.165, 1.54) is 12.8 Å². The smallest absolute Gasteiger partial charge is 0.271 e. The number of nitrogens with zero attached hydrogens (tertiary/aromatic N) is 3. The molecule has 1 atom stereocenters. The first-order valence-electron chi connectivity index (χ1n) is 12.8. The van der Waals surface area contributed by atoms with E-state index in [0.717, 1.165) is 42.9 Å². The Bertz CT molecular complexity index is 1090. The van der Waals surface area contributed by atoms with E-state index < -0.39 is 0 Å². The van der Waals surface area contributed by atoms with Crippen molar-refractivity contribution in [3.05, 3.63) is 53.1 Å². The molecule has 1 unspecified atom stereocenters. The highest BCUT2D eigenvalue weighted by atomic mass is 16.2. The fourth-order valence-electron chi connectivity index (χ4n) is 4.60. The van der Waals surface area contributed by atoms with E-state index in [2.05, 4.69) is 39.3 Å². The molecular formula is C27H38N6O2. The number of likely N-dealkylation sites (tertiary alicyclic amines) is 1. The zero-order valence-corrected chi connectivity index (χ0v) is 21.1. The number of H-pyrrole nitrogens is 1. The number of aromatic amines is 1. The Morgan fingerprint density at radius 2 is 2.11 bits per heavy atom. The summed E-state index contributed by atoms with van der Waals surface area (Å²) in [7, 11) is 1.84. The lowest BCUT2D eigenvalue weighted by atomic mass is 10.0. The maximum absolute atomic E-state index is 13.0. The van der Waals surface area contributed by atoms with Crippen molar-refractivity contribution in [2.24, 2.45) is 5.92 Å². The predicted octanol–water partition coefficient (Wildman–Crippen LogP) is 3.24. The molecule has 0 bridgehead atoms. The number of hydrogen-bond acceptors (Lipinski definition) is 6. The SMILES string of the molecule is CNc1cc(-c2c[nH]c(=O)c(N(CC3CC3)C3CCCN(C(=O)/C=C/CNC(C)C)C3)c2)ccn1. The van der Waals surface area contributed by atoms with Gasteiger partial charge in [-0.05, 0) is 55.4 Å². The molecule has 35 heavy (non-hydrogen) atoms. The van der Waals surface area contributed by atoms with E-state index in [-0.39, 0.29) is 17.5 Å². The molecular weight excluding hydrogens is 440 g/mol. The molecule has 2 aliphatic rings. The first-order chi connectivity index (χ1) is 16.9. The molecule has 188 valence electrons. The van der Waals surface area contributed by atoms with Gasteiger partial charge in [0, 0.05) is 69.3 Å². The molecule has 2 aromatic rings. The van der Waals surface area contributed by atoms with Gasteiger partial charge in [-0.15, -0.1) is 0 Å². The Morgan fingerprint density at radius 1 is 1.29 bits per heavy atom. The van der Waals surface area contributed by atoms with Crippen LogP contribution in [-0.4, -0.2) is 66.1 Å². The van der Waals surface area contributed by atoms with Gasteiger partial charge in [0.2, 0.25) is 5.91 Å². The van der Waals surface area contributed by atoms with Gasteiger partial charge in [-0.25, -0.2) is 4.98 Å². The molecule has 0 radical (unpaired) electrons. The van der Waals surface area contributed by atoms with E-state index in [0.29, 0.717) is 30.7 Å². The van der Waals surface area contributed by atoms with Crippen molar-refractivity contribution in [3.8, 4) is 11.1 Å². The summed E-state index contributed by atoms with van der Waals surface area (Å²) in [5, 5.41) is 6.37. The number of nitrogens with one attached hydrogen (secondary N) is 3. The Hall–Kier alpha value is -3.13. The molecule has 0 spiro atoms. The van der Waals surface area contributed by atoms with Gasteiger partial charge in [0.25, 0.3) is 5.56 Å². The number of piperidine rings is 1. The molecule has 1 aliphatic carbocycles. The third-order valence-electron chi connectivity index (χ3n) is 6.75. The zero-order chi connectivity index (χ0) is 24.8. The van der Waals surface area contributed by atoms with Crippen LogP contribution in [0, 0.1) is 5.92 Å². The van der Waals surface area contributed by atoms with Crippen molar-refractivity contribution in [1.82, 2.24) is 20.2 Å². The lowest BCUT2D eigenvalue weighted by molar-refractivity contribution is -0.127. The van der Waals surface area contributed by atoms with Crippen LogP contribution in [-0.2, 0) is 4.79 Å². The minimum absolute atomic E-state index is 0.0469. The summed E-state index contributed by atoms with van der Waals surface area (Å²) in [6, 6.07) is 6.43. The first kappa shape index (κ1) is 25.0. The number of amides is 1. The average molecular weight is 479 g/mol. The Balaban J connectivity index is 1.55. The molecule has 0 aromatic carbocycles. The quantitative estimate of drug-likeness (QED) is 0.454. The van der Waals surface area contributed by atoms with Crippen molar-refractivity contribution < 1.29 is 4.79 Å². The van der Waals surface area contributed by atoms with Crippen molar-refractivity contribution >= 4 is 17.4 Å². The van der Waals surface area contributed by atoms with Gasteiger partial charge in [0.15, 0.2) is 0 Å². The van der Waals surface area contributed by atoms with E-state index in [9.17, 15) is 9.59 Å². The third-order valence-corrected chi connectivity index (χ3v) is 6.75. The van der Waals surface area contributed by atoms with Gasteiger partial charge in [0.1, 0.15) is 11.5 Å². The zero-order valence-electron chi connectivity index (χ0n) is 21.1. The van der Waals surface area contributed by atoms with E-state index in [1.54, 1.807) is 18.5 Å². The summed E-state index contributed by atoms with van der Waals surface area (Å²) in [5.74, 6) is 1.44. The van der Waals surface area contributed by atoms with Crippen LogP contribution in [0.3, 0.4) is 0 Å². The van der Waals surface area contributed by atoms with Crippen molar-refractivity contribution in [2.45, 2.75) is 51.6 Å². The largest absolute Gasteiger partial charge is 0.373 e. The Morgan fingerprint density at radius 3 is 2.86 bits per heavy atom. The van der Waals surface area contributed by atoms with Gasteiger partial charge in [-0.1, -0.05) is 19.9 Å². The summed E-state index contributed by atoms with van der Waals surface area (Å²) < 4.78 is 0.